The van der Waals surface area contributed by atoms with Gasteiger partial charge < -0.3 is 9.72 Å². The number of hydrogen-bond donors (Lipinski definition) is 1. The molecule has 160 valence electrons. The van der Waals surface area contributed by atoms with Gasteiger partial charge in [0, 0.05) is 29.6 Å². The van der Waals surface area contributed by atoms with Crippen LogP contribution in [0.25, 0.3) is 10.9 Å². The van der Waals surface area contributed by atoms with Gasteiger partial charge in [-0.25, -0.2) is 12.8 Å². The van der Waals surface area contributed by atoms with Crippen LogP contribution in [0.1, 0.15) is 10.4 Å². The lowest BCUT2D eigenvalue weighted by molar-refractivity contribution is 0.399. The van der Waals surface area contributed by atoms with Gasteiger partial charge in [0.05, 0.1) is 12.6 Å². The molecule has 0 atom stereocenters. The molecule has 0 fully saturated rings. The Hall–Kier alpha value is -3.01. The van der Waals surface area contributed by atoms with Crippen LogP contribution in [0.3, 0.4) is 0 Å². The molecule has 0 aliphatic carbocycles. The zero-order valence-corrected chi connectivity index (χ0v) is 18.2. The molecule has 0 saturated heterocycles. The molecule has 0 aliphatic heterocycles. The highest BCUT2D eigenvalue weighted by Crippen LogP contribution is 2.25. The second kappa shape index (κ2) is 8.62. The topological polar surface area (TPSA) is 79.5 Å². The zero-order valence-electron chi connectivity index (χ0n) is 16.5. The first-order valence-corrected chi connectivity index (χ1v) is 11.7. The monoisotopic (exact) mass is 458 g/mol. The first kappa shape index (κ1) is 21.2. The predicted molar refractivity (Wildman–Crippen MR) is 118 cm³/mol. The molecule has 4 rings (SSSR count). The molecule has 0 spiro atoms. The number of sulfonamides is 1. The number of rotatable bonds is 7. The lowest BCUT2D eigenvalue weighted by Gasteiger charge is -2.22. The number of aromatic amines is 1. The summed E-state index contributed by atoms with van der Waals surface area (Å²) in [6, 6.07) is 15.7. The Balaban J connectivity index is 1.77. The van der Waals surface area contributed by atoms with Crippen LogP contribution in [0, 0.1) is 5.82 Å². The van der Waals surface area contributed by atoms with E-state index in [0.717, 1.165) is 20.6 Å². The Morgan fingerprint density at radius 1 is 1.06 bits per heavy atom. The number of fused-ring (bicyclic) bond motifs is 1. The van der Waals surface area contributed by atoms with Crippen molar-refractivity contribution in [3.63, 3.8) is 0 Å². The number of methoxy groups -OCH3 is 1. The van der Waals surface area contributed by atoms with Crippen molar-refractivity contribution in [1.29, 1.82) is 0 Å². The SMILES string of the molecule is COc1ccc2cc(CN(Cc3cccs3)S(=O)(=O)c3ccccc3F)c(=O)[nH]c2c1. The van der Waals surface area contributed by atoms with Crippen LogP contribution in [-0.2, 0) is 23.1 Å². The van der Waals surface area contributed by atoms with E-state index in [4.69, 9.17) is 4.74 Å². The van der Waals surface area contributed by atoms with E-state index in [-0.39, 0.29) is 18.7 Å². The van der Waals surface area contributed by atoms with Gasteiger partial charge in [0.15, 0.2) is 0 Å². The van der Waals surface area contributed by atoms with Crippen LogP contribution in [-0.4, -0.2) is 24.8 Å². The standard InChI is InChI=1S/C22H19FN2O4S2/c1-29-17-9-8-15-11-16(22(26)24-20(15)12-17)13-25(14-18-5-4-10-30-18)31(27,28)21-7-3-2-6-19(21)23/h2-12H,13-14H2,1H3,(H,24,26). The Bertz CT molecular complexity index is 1380. The van der Waals surface area contributed by atoms with Crippen LogP contribution in [0.4, 0.5) is 4.39 Å². The van der Waals surface area contributed by atoms with Gasteiger partial charge in [0.1, 0.15) is 16.5 Å². The summed E-state index contributed by atoms with van der Waals surface area (Å²) in [6.07, 6.45) is 0. The predicted octanol–water partition coefficient (Wildman–Crippen LogP) is 4.13. The van der Waals surface area contributed by atoms with Crippen molar-refractivity contribution in [1.82, 2.24) is 9.29 Å². The van der Waals surface area contributed by atoms with Crippen molar-refractivity contribution < 1.29 is 17.5 Å². The third-order valence-electron chi connectivity index (χ3n) is 4.84. The summed E-state index contributed by atoms with van der Waals surface area (Å²) >= 11 is 1.39. The van der Waals surface area contributed by atoms with Crippen molar-refractivity contribution >= 4 is 32.3 Å². The van der Waals surface area contributed by atoms with Crippen molar-refractivity contribution in [3.05, 3.63) is 92.7 Å². The summed E-state index contributed by atoms with van der Waals surface area (Å²) in [5.74, 6) is -0.240. The van der Waals surface area contributed by atoms with Crippen LogP contribution >= 0.6 is 11.3 Å². The maximum absolute atomic E-state index is 14.3. The Labute approximate surface area is 182 Å². The number of thiophene rings is 1. The number of nitrogens with one attached hydrogen (secondary N) is 1. The van der Waals surface area contributed by atoms with Crippen molar-refractivity contribution in [2.24, 2.45) is 0 Å². The molecule has 0 aliphatic rings. The molecule has 31 heavy (non-hydrogen) atoms. The van der Waals surface area contributed by atoms with Gasteiger partial charge in [-0.2, -0.15) is 4.31 Å². The largest absolute Gasteiger partial charge is 0.497 e. The highest BCUT2D eigenvalue weighted by atomic mass is 32.2. The molecule has 6 nitrogen and oxygen atoms in total. The number of H-pyrrole nitrogens is 1. The van der Waals surface area contributed by atoms with E-state index < -0.39 is 26.3 Å². The average Bonchev–Trinajstić information content (AvgIpc) is 3.26. The number of ether oxygens (including phenoxy) is 1. The van der Waals surface area contributed by atoms with Crippen LogP contribution in [0.15, 0.2) is 75.7 Å². The molecule has 4 aromatic rings. The zero-order chi connectivity index (χ0) is 22.0. The van der Waals surface area contributed by atoms with E-state index in [9.17, 15) is 17.6 Å². The van der Waals surface area contributed by atoms with Crippen LogP contribution in [0.2, 0.25) is 0 Å². The van der Waals surface area contributed by atoms with Crippen molar-refractivity contribution in [2.45, 2.75) is 18.0 Å². The number of pyridine rings is 1. The lowest BCUT2D eigenvalue weighted by atomic mass is 10.1. The molecule has 0 amide bonds. The fourth-order valence-corrected chi connectivity index (χ4v) is 5.52. The quantitative estimate of drug-likeness (QED) is 0.452. The molecule has 0 radical (unpaired) electrons. The minimum absolute atomic E-state index is 0.0222. The summed E-state index contributed by atoms with van der Waals surface area (Å²) in [5, 5.41) is 2.56. The Kier molecular flexibility index (Phi) is 5.90. The van der Waals surface area contributed by atoms with E-state index in [2.05, 4.69) is 4.98 Å². The molecular weight excluding hydrogens is 439 g/mol. The smallest absolute Gasteiger partial charge is 0.252 e. The van der Waals surface area contributed by atoms with Gasteiger partial charge in [-0.15, -0.1) is 11.3 Å². The maximum Gasteiger partial charge on any atom is 0.252 e. The van der Waals surface area contributed by atoms with Gasteiger partial charge in [-0.1, -0.05) is 18.2 Å². The molecule has 2 heterocycles. The lowest BCUT2D eigenvalue weighted by Crippen LogP contribution is -2.32. The summed E-state index contributed by atoms with van der Waals surface area (Å²) in [6.45, 7) is -0.180. The van der Waals surface area contributed by atoms with Crippen LogP contribution in [0.5, 0.6) is 5.75 Å². The second-order valence-electron chi connectivity index (χ2n) is 6.86. The van der Waals surface area contributed by atoms with Crippen molar-refractivity contribution in [2.75, 3.05) is 7.11 Å². The normalized spacial score (nSPS) is 11.8. The molecule has 2 aromatic heterocycles. The molecular formula is C22H19FN2O4S2. The number of benzene rings is 2. The van der Waals surface area contributed by atoms with Crippen molar-refractivity contribution in [3.8, 4) is 5.75 Å². The summed E-state index contributed by atoms with van der Waals surface area (Å²) in [5.41, 5.74) is 0.421. The first-order chi connectivity index (χ1) is 14.9. The fourth-order valence-electron chi connectivity index (χ4n) is 3.26. The third-order valence-corrected chi connectivity index (χ3v) is 7.53. The Morgan fingerprint density at radius 3 is 2.58 bits per heavy atom. The maximum atomic E-state index is 14.3. The first-order valence-electron chi connectivity index (χ1n) is 9.35. The summed E-state index contributed by atoms with van der Waals surface area (Å²) in [7, 11) is -2.66. The number of hydrogen-bond acceptors (Lipinski definition) is 5. The average molecular weight is 459 g/mol. The van der Waals surface area contributed by atoms with Gasteiger partial charge >= 0.3 is 0 Å². The van der Waals surface area contributed by atoms with Crippen LogP contribution < -0.4 is 10.3 Å². The highest BCUT2D eigenvalue weighted by molar-refractivity contribution is 7.89. The summed E-state index contributed by atoms with van der Waals surface area (Å²) < 4.78 is 47.2. The van der Waals surface area contributed by atoms with E-state index in [0.29, 0.717) is 11.3 Å². The number of halogens is 1. The molecule has 0 unspecified atom stereocenters. The van der Waals surface area contributed by atoms with Gasteiger partial charge in [0.2, 0.25) is 10.0 Å². The third kappa shape index (κ3) is 4.39. The minimum atomic E-state index is -4.19. The molecule has 9 heteroatoms. The fraction of sp³-hybridized carbons (Fsp3) is 0.136. The summed E-state index contributed by atoms with van der Waals surface area (Å²) in [4.78, 5) is 15.8. The van der Waals surface area contributed by atoms with E-state index >= 15 is 0 Å². The minimum Gasteiger partial charge on any atom is -0.497 e. The van der Waals surface area contributed by atoms with E-state index in [1.54, 1.807) is 30.3 Å². The second-order valence-corrected chi connectivity index (χ2v) is 9.80. The molecule has 0 bridgehead atoms. The van der Waals surface area contributed by atoms with E-state index in [1.807, 2.05) is 11.4 Å². The molecule has 1 N–H and O–H groups in total. The van der Waals surface area contributed by atoms with E-state index in [1.165, 1.54) is 36.6 Å². The van der Waals surface area contributed by atoms with Gasteiger partial charge in [0.25, 0.3) is 5.56 Å². The molecule has 2 aromatic carbocycles. The van der Waals surface area contributed by atoms with Gasteiger partial charge in [-0.05, 0) is 47.2 Å². The number of nitrogens with zero attached hydrogens (tertiary/aromatic N) is 1. The highest BCUT2D eigenvalue weighted by Gasteiger charge is 2.28. The number of aromatic nitrogens is 1. The molecule has 0 saturated carbocycles. The van der Waals surface area contributed by atoms with Gasteiger partial charge in [-0.3, -0.25) is 4.79 Å². The Morgan fingerprint density at radius 2 is 1.87 bits per heavy atom.